The number of nitrogens with one attached hydrogen (secondary N) is 1. The summed E-state index contributed by atoms with van der Waals surface area (Å²) in [5.74, 6) is 0. The molecule has 0 amide bonds. The minimum atomic E-state index is -3.69. The van der Waals surface area contributed by atoms with E-state index in [9.17, 15) is 8.42 Å². The number of nitrogens with zero attached hydrogens (tertiary/aromatic N) is 3. The van der Waals surface area contributed by atoms with Crippen molar-refractivity contribution in [2.24, 2.45) is 7.05 Å². The Morgan fingerprint density at radius 2 is 2.14 bits per heavy atom. The van der Waals surface area contributed by atoms with Crippen LogP contribution >= 0.6 is 0 Å². The van der Waals surface area contributed by atoms with Crippen LogP contribution in [0.25, 0.3) is 0 Å². The van der Waals surface area contributed by atoms with Crippen molar-refractivity contribution in [1.82, 2.24) is 14.5 Å². The van der Waals surface area contributed by atoms with Gasteiger partial charge in [-0.15, -0.1) is 0 Å². The van der Waals surface area contributed by atoms with Crippen molar-refractivity contribution < 1.29 is 8.42 Å². The molecule has 7 heteroatoms. The van der Waals surface area contributed by atoms with E-state index in [1.165, 1.54) is 12.1 Å². The molecule has 1 atom stereocenters. The Kier molecular flexibility index (Phi) is 4.11. The van der Waals surface area contributed by atoms with E-state index in [4.69, 9.17) is 5.26 Å². The van der Waals surface area contributed by atoms with Gasteiger partial charge in [-0.05, 0) is 32.0 Å². The van der Waals surface area contributed by atoms with Crippen LogP contribution in [0.4, 0.5) is 0 Å². The molecule has 1 heterocycles. The molecule has 0 saturated heterocycles. The van der Waals surface area contributed by atoms with Crippen molar-refractivity contribution >= 4 is 10.0 Å². The summed E-state index contributed by atoms with van der Waals surface area (Å²) in [6, 6.07) is 7.45. The molecule has 0 spiro atoms. The maximum Gasteiger partial charge on any atom is 0.241 e. The lowest BCUT2D eigenvalue weighted by Crippen LogP contribution is -2.27. The van der Waals surface area contributed by atoms with Gasteiger partial charge in [-0.1, -0.05) is 6.07 Å². The Morgan fingerprint density at radius 1 is 1.43 bits per heavy atom. The van der Waals surface area contributed by atoms with Gasteiger partial charge in [0.05, 0.1) is 22.7 Å². The van der Waals surface area contributed by atoms with Gasteiger partial charge < -0.3 is 0 Å². The van der Waals surface area contributed by atoms with E-state index < -0.39 is 16.1 Å². The second-order valence-electron chi connectivity index (χ2n) is 4.79. The minimum Gasteiger partial charge on any atom is -0.273 e. The van der Waals surface area contributed by atoms with Crippen molar-refractivity contribution in [3.05, 3.63) is 47.3 Å². The maximum absolute atomic E-state index is 12.4. The minimum absolute atomic E-state index is 0.0787. The highest BCUT2D eigenvalue weighted by Gasteiger charge is 2.21. The zero-order valence-corrected chi connectivity index (χ0v) is 12.8. The molecule has 1 N–H and O–H groups in total. The molecule has 0 fully saturated rings. The fourth-order valence-electron chi connectivity index (χ4n) is 2.04. The third-order valence-electron chi connectivity index (χ3n) is 3.35. The Hall–Kier alpha value is -2.17. The van der Waals surface area contributed by atoms with Crippen LogP contribution in [0.2, 0.25) is 0 Å². The zero-order chi connectivity index (χ0) is 15.6. The van der Waals surface area contributed by atoms with Gasteiger partial charge in [-0.3, -0.25) is 4.68 Å². The largest absolute Gasteiger partial charge is 0.273 e. The molecule has 2 aromatic rings. The molecule has 1 aromatic heterocycles. The molecule has 21 heavy (non-hydrogen) atoms. The summed E-state index contributed by atoms with van der Waals surface area (Å²) in [5.41, 5.74) is 2.02. The Bertz CT molecular complexity index is 803. The number of aromatic nitrogens is 2. The van der Waals surface area contributed by atoms with E-state index in [-0.39, 0.29) is 4.90 Å². The monoisotopic (exact) mass is 304 g/mol. The van der Waals surface area contributed by atoms with Crippen LogP contribution in [0.3, 0.4) is 0 Å². The SMILES string of the molecule is Cc1c(C(C)NS(=O)(=O)c2cccc(C#N)c2)cnn1C. The summed E-state index contributed by atoms with van der Waals surface area (Å²) >= 11 is 0. The van der Waals surface area contributed by atoms with Crippen LogP contribution in [0.1, 0.15) is 29.8 Å². The molecular weight excluding hydrogens is 288 g/mol. The number of rotatable bonds is 4. The number of sulfonamides is 1. The first kappa shape index (κ1) is 15.2. The van der Waals surface area contributed by atoms with Crippen LogP contribution in [-0.4, -0.2) is 18.2 Å². The normalized spacial score (nSPS) is 12.9. The van der Waals surface area contributed by atoms with E-state index in [0.29, 0.717) is 5.56 Å². The van der Waals surface area contributed by atoms with Crippen LogP contribution in [0.5, 0.6) is 0 Å². The highest BCUT2D eigenvalue weighted by molar-refractivity contribution is 7.89. The molecule has 1 unspecified atom stereocenters. The predicted molar refractivity (Wildman–Crippen MR) is 77.8 cm³/mol. The lowest BCUT2D eigenvalue weighted by molar-refractivity contribution is 0.566. The molecule has 0 aliphatic rings. The molecular formula is C14H16N4O2S. The molecule has 110 valence electrons. The quantitative estimate of drug-likeness (QED) is 0.930. The number of hydrogen-bond acceptors (Lipinski definition) is 4. The number of hydrogen-bond donors (Lipinski definition) is 1. The fourth-order valence-corrected chi connectivity index (χ4v) is 3.31. The zero-order valence-electron chi connectivity index (χ0n) is 12.0. The van der Waals surface area contributed by atoms with E-state index in [1.54, 1.807) is 37.0 Å². The summed E-state index contributed by atoms with van der Waals surface area (Å²) in [5, 5.41) is 13.0. The number of aryl methyl sites for hydroxylation is 1. The lowest BCUT2D eigenvalue weighted by Gasteiger charge is -2.14. The third-order valence-corrected chi connectivity index (χ3v) is 4.88. The summed E-state index contributed by atoms with van der Waals surface area (Å²) in [6.07, 6.45) is 1.65. The average molecular weight is 304 g/mol. The average Bonchev–Trinajstić information content (AvgIpc) is 2.78. The summed E-state index contributed by atoms with van der Waals surface area (Å²) in [7, 11) is -1.88. The fraction of sp³-hybridized carbons (Fsp3) is 0.286. The van der Waals surface area contributed by atoms with Gasteiger partial charge in [-0.2, -0.15) is 10.4 Å². The molecule has 6 nitrogen and oxygen atoms in total. The van der Waals surface area contributed by atoms with Gasteiger partial charge in [0, 0.05) is 24.3 Å². The van der Waals surface area contributed by atoms with Gasteiger partial charge in [-0.25, -0.2) is 13.1 Å². The Morgan fingerprint density at radius 3 is 2.71 bits per heavy atom. The second kappa shape index (κ2) is 5.68. The van der Waals surface area contributed by atoms with Gasteiger partial charge in [0.2, 0.25) is 10.0 Å². The first-order valence-corrected chi connectivity index (χ1v) is 7.84. The van der Waals surface area contributed by atoms with Crippen molar-refractivity contribution in [3.63, 3.8) is 0 Å². The first-order chi connectivity index (χ1) is 9.85. The summed E-state index contributed by atoms with van der Waals surface area (Å²) in [4.78, 5) is 0.0787. The molecule has 0 aliphatic heterocycles. The lowest BCUT2D eigenvalue weighted by atomic mass is 10.1. The van der Waals surface area contributed by atoms with E-state index >= 15 is 0 Å². The molecule has 0 bridgehead atoms. The van der Waals surface area contributed by atoms with Gasteiger partial charge in [0.15, 0.2) is 0 Å². The maximum atomic E-state index is 12.4. The van der Waals surface area contributed by atoms with E-state index in [1.807, 2.05) is 13.0 Å². The Balaban J connectivity index is 2.29. The Labute approximate surface area is 124 Å². The number of benzene rings is 1. The van der Waals surface area contributed by atoms with Crippen molar-refractivity contribution in [2.45, 2.75) is 24.8 Å². The highest BCUT2D eigenvalue weighted by Crippen LogP contribution is 2.19. The molecule has 0 radical (unpaired) electrons. The van der Waals surface area contributed by atoms with Crippen molar-refractivity contribution in [2.75, 3.05) is 0 Å². The van der Waals surface area contributed by atoms with E-state index in [0.717, 1.165) is 11.3 Å². The standard InChI is InChI=1S/C14H16N4O2S/c1-10(14-9-16-18(3)11(14)2)17-21(19,20)13-6-4-5-12(7-13)8-15/h4-7,9-10,17H,1-3H3. The smallest absolute Gasteiger partial charge is 0.241 e. The summed E-state index contributed by atoms with van der Waals surface area (Å²) < 4.78 is 29.0. The van der Waals surface area contributed by atoms with Crippen LogP contribution in [-0.2, 0) is 17.1 Å². The van der Waals surface area contributed by atoms with Gasteiger partial charge >= 0.3 is 0 Å². The van der Waals surface area contributed by atoms with Crippen LogP contribution in [0, 0.1) is 18.3 Å². The first-order valence-electron chi connectivity index (χ1n) is 6.36. The summed E-state index contributed by atoms with van der Waals surface area (Å²) in [6.45, 7) is 3.64. The number of nitriles is 1. The third kappa shape index (κ3) is 3.12. The van der Waals surface area contributed by atoms with E-state index in [2.05, 4.69) is 9.82 Å². The van der Waals surface area contributed by atoms with Crippen molar-refractivity contribution in [1.29, 1.82) is 5.26 Å². The predicted octanol–water partition coefficient (Wildman–Crippen LogP) is 1.64. The molecule has 2 rings (SSSR count). The topological polar surface area (TPSA) is 87.8 Å². The van der Waals surface area contributed by atoms with Gasteiger partial charge in [0.1, 0.15) is 0 Å². The highest BCUT2D eigenvalue weighted by atomic mass is 32.2. The van der Waals surface area contributed by atoms with Crippen molar-refractivity contribution in [3.8, 4) is 6.07 Å². The van der Waals surface area contributed by atoms with Crippen LogP contribution < -0.4 is 4.72 Å². The molecule has 1 aromatic carbocycles. The second-order valence-corrected chi connectivity index (χ2v) is 6.51. The van der Waals surface area contributed by atoms with Crippen LogP contribution in [0.15, 0.2) is 35.4 Å². The molecule has 0 aliphatic carbocycles. The molecule has 0 saturated carbocycles. The van der Waals surface area contributed by atoms with Gasteiger partial charge in [0.25, 0.3) is 0 Å².